The molecule has 0 bridgehead atoms. The number of hydrogen-bond donors (Lipinski definition) is 0. The molecule has 0 amide bonds. The van der Waals surface area contributed by atoms with Gasteiger partial charge in [0.05, 0.1) is 0 Å². The van der Waals surface area contributed by atoms with Gasteiger partial charge in [-0.15, -0.1) is 5.73 Å². The standard InChI is InChI=1S/C14H22/c1-5-9-13(14(2,3)4)12-10-7-6-8-11-12/h5,10H,6-8,11H2,1-4H3. The monoisotopic (exact) mass is 190 g/mol. The van der Waals surface area contributed by atoms with E-state index in [1.807, 2.05) is 6.08 Å². The fourth-order valence-electron chi connectivity index (χ4n) is 2.00. The van der Waals surface area contributed by atoms with E-state index >= 15 is 0 Å². The van der Waals surface area contributed by atoms with Crippen molar-refractivity contribution < 1.29 is 0 Å². The van der Waals surface area contributed by atoms with E-state index in [0.29, 0.717) is 0 Å². The van der Waals surface area contributed by atoms with Crippen molar-refractivity contribution in [3.63, 3.8) is 0 Å². The molecular formula is C14H22. The van der Waals surface area contributed by atoms with E-state index in [1.165, 1.54) is 36.8 Å². The van der Waals surface area contributed by atoms with Crippen LogP contribution in [0.1, 0.15) is 53.4 Å². The minimum Gasteiger partial charge on any atom is -0.121 e. The molecule has 1 aliphatic carbocycles. The molecule has 0 heteroatoms. The Morgan fingerprint density at radius 1 is 1.36 bits per heavy atom. The van der Waals surface area contributed by atoms with Crippen LogP contribution in [0.2, 0.25) is 0 Å². The number of hydrogen-bond acceptors (Lipinski definition) is 0. The summed E-state index contributed by atoms with van der Waals surface area (Å²) in [6, 6.07) is 0. The maximum atomic E-state index is 3.42. The molecule has 0 aromatic heterocycles. The summed E-state index contributed by atoms with van der Waals surface area (Å²) < 4.78 is 0. The Balaban J connectivity index is 3.01. The van der Waals surface area contributed by atoms with Crippen molar-refractivity contribution in [2.24, 2.45) is 5.41 Å². The van der Waals surface area contributed by atoms with Gasteiger partial charge in [0.25, 0.3) is 0 Å². The highest BCUT2D eigenvalue weighted by Gasteiger charge is 2.20. The van der Waals surface area contributed by atoms with E-state index in [4.69, 9.17) is 0 Å². The Kier molecular flexibility index (Phi) is 3.77. The van der Waals surface area contributed by atoms with E-state index < -0.39 is 0 Å². The maximum Gasteiger partial charge on any atom is 0.00186 e. The van der Waals surface area contributed by atoms with Gasteiger partial charge in [0.1, 0.15) is 0 Å². The molecule has 0 saturated carbocycles. The van der Waals surface area contributed by atoms with E-state index in [9.17, 15) is 0 Å². The molecule has 0 heterocycles. The largest absolute Gasteiger partial charge is 0.121 e. The molecule has 1 aliphatic rings. The molecular weight excluding hydrogens is 168 g/mol. The molecule has 0 spiro atoms. The molecule has 14 heavy (non-hydrogen) atoms. The zero-order chi connectivity index (χ0) is 10.6. The predicted octanol–water partition coefficient (Wildman–Crippen LogP) is 4.63. The van der Waals surface area contributed by atoms with Gasteiger partial charge < -0.3 is 0 Å². The van der Waals surface area contributed by atoms with Gasteiger partial charge in [0.15, 0.2) is 0 Å². The highest BCUT2D eigenvalue weighted by atomic mass is 14.2. The third-order valence-electron chi connectivity index (χ3n) is 2.65. The summed E-state index contributed by atoms with van der Waals surface area (Å²) in [5.74, 6) is 0. The molecule has 1 rings (SSSR count). The van der Waals surface area contributed by atoms with Gasteiger partial charge in [0.2, 0.25) is 0 Å². The summed E-state index contributed by atoms with van der Waals surface area (Å²) in [4.78, 5) is 0. The first-order valence-corrected chi connectivity index (χ1v) is 5.67. The highest BCUT2D eigenvalue weighted by molar-refractivity contribution is 5.35. The van der Waals surface area contributed by atoms with E-state index in [-0.39, 0.29) is 5.41 Å². The van der Waals surface area contributed by atoms with Crippen molar-refractivity contribution in [2.75, 3.05) is 0 Å². The molecule has 0 aromatic rings. The summed E-state index contributed by atoms with van der Waals surface area (Å²) in [6.45, 7) is 8.87. The molecule has 78 valence electrons. The molecule has 0 N–H and O–H groups in total. The van der Waals surface area contributed by atoms with Crippen LogP contribution in [-0.2, 0) is 0 Å². The first kappa shape index (κ1) is 11.3. The van der Waals surface area contributed by atoms with Crippen molar-refractivity contribution >= 4 is 0 Å². The lowest BCUT2D eigenvalue weighted by Gasteiger charge is -2.25. The van der Waals surface area contributed by atoms with E-state index in [2.05, 4.69) is 39.5 Å². The minimum atomic E-state index is 0.232. The van der Waals surface area contributed by atoms with Gasteiger partial charge in [-0.3, -0.25) is 0 Å². The van der Waals surface area contributed by atoms with Gasteiger partial charge in [-0.05, 0) is 49.7 Å². The maximum absolute atomic E-state index is 3.42. The van der Waals surface area contributed by atoms with Crippen molar-refractivity contribution in [1.82, 2.24) is 0 Å². The van der Waals surface area contributed by atoms with Crippen LogP contribution in [0.3, 0.4) is 0 Å². The number of rotatable bonds is 1. The Hall–Kier alpha value is -0.740. The molecule has 0 saturated heterocycles. The lowest BCUT2D eigenvalue weighted by Crippen LogP contribution is -2.12. The third kappa shape index (κ3) is 2.89. The fourth-order valence-corrected chi connectivity index (χ4v) is 2.00. The number of allylic oxidation sites excluding steroid dienone is 3. The highest BCUT2D eigenvalue weighted by Crippen LogP contribution is 2.35. The Labute approximate surface area is 88.4 Å². The van der Waals surface area contributed by atoms with Gasteiger partial charge in [-0.25, -0.2) is 0 Å². The smallest absolute Gasteiger partial charge is 0.00186 e. The van der Waals surface area contributed by atoms with Crippen molar-refractivity contribution in [2.45, 2.75) is 53.4 Å². The second kappa shape index (κ2) is 4.66. The Morgan fingerprint density at radius 2 is 2.07 bits per heavy atom. The summed E-state index contributed by atoms with van der Waals surface area (Å²) in [5, 5.41) is 0. The SMILES string of the molecule is CC=C=C(C1=CCCCC1)C(C)(C)C. The Morgan fingerprint density at radius 3 is 2.50 bits per heavy atom. The molecule has 0 nitrogen and oxygen atoms in total. The van der Waals surface area contributed by atoms with Gasteiger partial charge in [-0.1, -0.05) is 26.8 Å². The summed E-state index contributed by atoms with van der Waals surface area (Å²) >= 11 is 0. The van der Waals surface area contributed by atoms with Crippen LogP contribution in [0.4, 0.5) is 0 Å². The topological polar surface area (TPSA) is 0 Å². The summed E-state index contributed by atoms with van der Waals surface area (Å²) in [6.07, 6.45) is 9.64. The third-order valence-corrected chi connectivity index (χ3v) is 2.65. The lowest BCUT2D eigenvalue weighted by atomic mass is 9.79. The van der Waals surface area contributed by atoms with Crippen LogP contribution >= 0.6 is 0 Å². The normalized spacial score (nSPS) is 17.0. The zero-order valence-corrected chi connectivity index (χ0v) is 9.98. The lowest BCUT2D eigenvalue weighted by molar-refractivity contribution is 0.501. The first-order valence-electron chi connectivity index (χ1n) is 5.67. The second-order valence-electron chi connectivity index (χ2n) is 5.03. The first-order chi connectivity index (χ1) is 6.55. The molecule has 0 aromatic carbocycles. The van der Waals surface area contributed by atoms with Crippen LogP contribution < -0.4 is 0 Å². The van der Waals surface area contributed by atoms with Crippen LogP contribution in [0, 0.1) is 5.41 Å². The molecule has 0 unspecified atom stereocenters. The van der Waals surface area contributed by atoms with Crippen molar-refractivity contribution in [1.29, 1.82) is 0 Å². The molecule has 0 atom stereocenters. The average Bonchev–Trinajstić information content (AvgIpc) is 2.14. The predicted molar refractivity (Wildman–Crippen MR) is 63.3 cm³/mol. The quantitative estimate of drug-likeness (QED) is 0.529. The van der Waals surface area contributed by atoms with Crippen LogP contribution in [0.15, 0.2) is 29.0 Å². The van der Waals surface area contributed by atoms with Gasteiger partial charge >= 0.3 is 0 Å². The Bertz CT molecular complexity index is 278. The fraction of sp³-hybridized carbons (Fsp3) is 0.643. The van der Waals surface area contributed by atoms with E-state index in [1.54, 1.807) is 0 Å². The van der Waals surface area contributed by atoms with Crippen molar-refractivity contribution in [3.05, 3.63) is 29.0 Å². The molecule has 0 aliphatic heterocycles. The molecule has 0 radical (unpaired) electrons. The van der Waals surface area contributed by atoms with Crippen LogP contribution in [0.5, 0.6) is 0 Å². The van der Waals surface area contributed by atoms with Crippen molar-refractivity contribution in [3.8, 4) is 0 Å². The summed E-state index contributed by atoms with van der Waals surface area (Å²) in [5.41, 5.74) is 6.58. The average molecular weight is 190 g/mol. The minimum absolute atomic E-state index is 0.232. The van der Waals surface area contributed by atoms with E-state index in [0.717, 1.165) is 0 Å². The van der Waals surface area contributed by atoms with Gasteiger partial charge in [0, 0.05) is 5.57 Å². The van der Waals surface area contributed by atoms with Crippen LogP contribution in [0.25, 0.3) is 0 Å². The molecule has 0 fully saturated rings. The van der Waals surface area contributed by atoms with Gasteiger partial charge in [-0.2, -0.15) is 0 Å². The van der Waals surface area contributed by atoms with Crippen LogP contribution in [-0.4, -0.2) is 0 Å². The summed E-state index contributed by atoms with van der Waals surface area (Å²) in [7, 11) is 0. The zero-order valence-electron chi connectivity index (χ0n) is 9.98. The second-order valence-corrected chi connectivity index (χ2v) is 5.03.